The third kappa shape index (κ3) is 3.37. The van der Waals surface area contributed by atoms with Gasteiger partial charge in [-0.3, -0.25) is 9.69 Å². The van der Waals surface area contributed by atoms with Crippen LogP contribution in [0.2, 0.25) is 0 Å². The van der Waals surface area contributed by atoms with Crippen molar-refractivity contribution in [2.24, 2.45) is 0 Å². The van der Waals surface area contributed by atoms with Crippen molar-refractivity contribution in [1.29, 1.82) is 0 Å². The van der Waals surface area contributed by atoms with Gasteiger partial charge in [-0.15, -0.1) is 0 Å². The molecule has 4 heteroatoms. The highest BCUT2D eigenvalue weighted by Crippen LogP contribution is 2.20. The first-order valence-electron chi connectivity index (χ1n) is 8.34. The summed E-state index contributed by atoms with van der Waals surface area (Å²) in [5.74, 6) is 1.05. The van der Waals surface area contributed by atoms with Crippen molar-refractivity contribution in [1.82, 2.24) is 14.9 Å². The molecule has 0 aliphatic carbocycles. The van der Waals surface area contributed by atoms with Crippen LogP contribution in [0.4, 0.5) is 0 Å². The summed E-state index contributed by atoms with van der Waals surface area (Å²) in [4.78, 5) is 22.3. The SMILES string of the molecule is Cc1ccc(CN2CCc3nc(C(C)C)[nH]c(=O)c3C2)c(C)c1. The first-order valence-corrected chi connectivity index (χ1v) is 8.34. The lowest BCUT2D eigenvalue weighted by Gasteiger charge is -2.28. The fraction of sp³-hybridized carbons (Fsp3) is 0.474. The summed E-state index contributed by atoms with van der Waals surface area (Å²) in [6, 6.07) is 6.57. The summed E-state index contributed by atoms with van der Waals surface area (Å²) in [7, 11) is 0. The van der Waals surface area contributed by atoms with Gasteiger partial charge in [-0.05, 0) is 25.0 Å². The molecule has 1 N–H and O–H groups in total. The number of hydrogen-bond acceptors (Lipinski definition) is 3. The van der Waals surface area contributed by atoms with Crippen LogP contribution in [-0.2, 0) is 19.5 Å². The van der Waals surface area contributed by atoms with Crippen molar-refractivity contribution in [3.8, 4) is 0 Å². The van der Waals surface area contributed by atoms with E-state index in [9.17, 15) is 4.79 Å². The van der Waals surface area contributed by atoms with Crippen molar-refractivity contribution >= 4 is 0 Å². The highest BCUT2D eigenvalue weighted by molar-refractivity contribution is 5.31. The Morgan fingerprint density at radius 1 is 1.30 bits per heavy atom. The van der Waals surface area contributed by atoms with Crippen LogP contribution in [0.3, 0.4) is 0 Å². The number of H-pyrrole nitrogens is 1. The molecule has 2 heterocycles. The highest BCUT2D eigenvalue weighted by Gasteiger charge is 2.22. The molecule has 23 heavy (non-hydrogen) atoms. The Morgan fingerprint density at radius 3 is 2.78 bits per heavy atom. The van der Waals surface area contributed by atoms with Crippen LogP contribution < -0.4 is 5.56 Å². The highest BCUT2D eigenvalue weighted by atomic mass is 16.1. The first-order chi connectivity index (χ1) is 10.9. The van der Waals surface area contributed by atoms with Gasteiger partial charge in [0.25, 0.3) is 5.56 Å². The number of nitrogens with zero attached hydrogens (tertiary/aromatic N) is 2. The quantitative estimate of drug-likeness (QED) is 0.947. The maximum absolute atomic E-state index is 12.4. The summed E-state index contributed by atoms with van der Waals surface area (Å²) in [5.41, 5.74) is 5.79. The van der Waals surface area contributed by atoms with Crippen molar-refractivity contribution < 1.29 is 0 Å². The average Bonchev–Trinajstić information content (AvgIpc) is 2.50. The van der Waals surface area contributed by atoms with E-state index in [0.29, 0.717) is 6.54 Å². The molecule has 1 aliphatic rings. The predicted molar refractivity (Wildman–Crippen MR) is 92.7 cm³/mol. The van der Waals surface area contributed by atoms with E-state index in [2.05, 4.69) is 60.8 Å². The fourth-order valence-electron chi connectivity index (χ4n) is 3.17. The van der Waals surface area contributed by atoms with Gasteiger partial charge in [0.1, 0.15) is 5.82 Å². The lowest BCUT2D eigenvalue weighted by atomic mass is 10.0. The second-order valence-electron chi connectivity index (χ2n) is 6.92. The second-order valence-corrected chi connectivity index (χ2v) is 6.92. The topological polar surface area (TPSA) is 49.0 Å². The molecular weight excluding hydrogens is 286 g/mol. The molecule has 0 amide bonds. The van der Waals surface area contributed by atoms with Crippen LogP contribution in [0.25, 0.3) is 0 Å². The Labute approximate surface area is 137 Å². The van der Waals surface area contributed by atoms with Gasteiger partial charge in [0, 0.05) is 32.0 Å². The van der Waals surface area contributed by atoms with Crippen LogP contribution >= 0.6 is 0 Å². The Morgan fingerprint density at radius 2 is 2.09 bits per heavy atom. The zero-order valence-electron chi connectivity index (χ0n) is 14.4. The van der Waals surface area contributed by atoms with Crippen molar-refractivity contribution in [3.63, 3.8) is 0 Å². The summed E-state index contributed by atoms with van der Waals surface area (Å²) in [6.07, 6.45) is 0.851. The number of hydrogen-bond donors (Lipinski definition) is 1. The second kappa shape index (κ2) is 6.28. The van der Waals surface area contributed by atoms with Crippen LogP contribution in [-0.4, -0.2) is 21.4 Å². The minimum Gasteiger partial charge on any atom is -0.310 e. The summed E-state index contributed by atoms with van der Waals surface area (Å²) < 4.78 is 0. The van der Waals surface area contributed by atoms with Gasteiger partial charge in [-0.25, -0.2) is 4.98 Å². The van der Waals surface area contributed by atoms with Crippen molar-refractivity contribution in [2.75, 3.05) is 6.54 Å². The summed E-state index contributed by atoms with van der Waals surface area (Å²) in [6.45, 7) is 10.9. The molecule has 0 unspecified atom stereocenters. The molecule has 1 aromatic heterocycles. The molecule has 0 bridgehead atoms. The van der Waals surface area contributed by atoms with Gasteiger partial charge in [0.15, 0.2) is 0 Å². The van der Waals surface area contributed by atoms with Gasteiger partial charge in [-0.2, -0.15) is 0 Å². The van der Waals surface area contributed by atoms with Crippen LogP contribution in [0.5, 0.6) is 0 Å². The number of benzene rings is 1. The summed E-state index contributed by atoms with van der Waals surface area (Å²) >= 11 is 0. The zero-order valence-corrected chi connectivity index (χ0v) is 14.4. The van der Waals surface area contributed by atoms with E-state index in [1.807, 2.05) is 0 Å². The Balaban J connectivity index is 1.82. The standard InChI is InChI=1S/C19H25N3O/c1-12(2)18-20-17-7-8-22(11-16(17)19(23)21-18)10-15-6-5-13(3)9-14(15)4/h5-6,9,12H,7-8,10-11H2,1-4H3,(H,20,21,23). The minimum atomic E-state index is 0.0315. The van der Waals surface area contributed by atoms with E-state index in [0.717, 1.165) is 36.6 Å². The molecular formula is C19H25N3O. The van der Waals surface area contributed by atoms with Gasteiger partial charge < -0.3 is 4.98 Å². The molecule has 0 radical (unpaired) electrons. The molecule has 2 aromatic rings. The number of rotatable bonds is 3. The molecule has 0 fully saturated rings. The number of aromatic amines is 1. The molecule has 1 aliphatic heterocycles. The molecule has 0 saturated heterocycles. The lowest BCUT2D eigenvalue weighted by molar-refractivity contribution is 0.241. The largest absolute Gasteiger partial charge is 0.310 e. The monoisotopic (exact) mass is 311 g/mol. The summed E-state index contributed by atoms with van der Waals surface area (Å²) in [5, 5.41) is 0. The van der Waals surface area contributed by atoms with Gasteiger partial charge in [0.2, 0.25) is 0 Å². The molecule has 0 saturated carbocycles. The third-order valence-corrected chi connectivity index (χ3v) is 4.60. The van der Waals surface area contributed by atoms with E-state index >= 15 is 0 Å². The van der Waals surface area contributed by atoms with Crippen LogP contribution in [0.1, 0.15) is 53.5 Å². The Bertz CT molecular complexity index is 777. The van der Waals surface area contributed by atoms with E-state index < -0.39 is 0 Å². The Hall–Kier alpha value is -1.94. The average molecular weight is 311 g/mol. The molecule has 1 aromatic carbocycles. The zero-order chi connectivity index (χ0) is 16.6. The number of nitrogens with one attached hydrogen (secondary N) is 1. The van der Waals surface area contributed by atoms with E-state index in [4.69, 9.17) is 0 Å². The van der Waals surface area contributed by atoms with E-state index in [-0.39, 0.29) is 11.5 Å². The minimum absolute atomic E-state index is 0.0315. The number of aryl methyl sites for hydroxylation is 2. The van der Waals surface area contributed by atoms with Crippen LogP contribution in [0, 0.1) is 13.8 Å². The smallest absolute Gasteiger partial charge is 0.255 e. The number of fused-ring (bicyclic) bond motifs is 1. The maximum Gasteiger partial charge on any atom is 0.255 e. The van der Waals surface area contributed by atoms with Crippen molar-refractivity contribution in [2.45, 2.75) is 53.1 Å². The predicted octanol–water partition coefficient (Wildman–Crippen LogP) is 3.07. The molecule has 0 spiro atoms. The normalized spacial score (nSPS) is 15.0. The van der Waals surface area contributed by atoms with Gasteiger partial charge >= 0.3 is 0 Å². The van der Waals surface area contributed by atoms with E-state index in [1.165, 1.54) is 16.7 Å². The van der Waals surface area contributed by atoms with Crippen molar-refractivity contribution in [3.05, 3.63) is 62.3 Å². The van der Waals surface area contributed by atoms with Gasteiger partial charge in [0.05, 0.1) is 11.3 Å². The molecule has 4 nitrogen and oxygen atoms in total. The third-order valence-electron chi connectivity index (χ3n) is 4.60. The lowest BCUT2D eigenvalue weighted by Crippen LogP contribution is -2.36. The fourth-order valence-corrected chi connectivity index (χ4v) is 3.17. The van der Waals surface area contributed by atoms with E-state index in [1.54, 1.807) is 0 Å². The first kappa shape index (κ1) is 15.9. The maximum atomic E-state index is 12.4. The van der Waals surface area contributed by atoms with Gasteiger partial charge in [-0.1, -0.05) is 37.6 Å². The molecule has 0 atom stereocenters. The number of aromatic nitrogens is 2. The molecule has 122 valence electrons. The van der Waals surface area contributed by atoms with Crippen LogP contribution in [0.15, 0.2) is 23.0 Å². The Kier molecular flexibility index (Phi) is 4.35. The molecule has 3 rings (SSSR count).